The second-order valence-electron chi connectivity index (χ2n) is 7.89. The van der Waals surface area contributed by atoms with Gasteiger partial charge in [0.2, 0.25) is 0 Å². The predicted molar refractivity (Wildman–Crippen MR) is 137 cm³/mol. The zero-order valence-corrected chi connectivity index (χ0v) is 18.4. The van der Waals surface area contributed by atoms with Crippen LogP contribution in [0.1, 0.15) is 0 Å². The molecule has 0 bridgehead atoms. The van der Waals surface area contributed by atoms with Gasteiger partial charge in [-0.15, -0.1) is 5.10 Å². The molecule has 2 N–H and O–H groups in total. The van der Waals surface area contributed by atoms with Gasteiger partial charge in [-0.05, 0) is 54.6 Å². The molecule has 8 nitrogen and oxygen atoms in total. The lowest BCUT2D eigenvalue weighted by molar-refractivity contribution is 0.967. The highest BCUT2D eigenvalue weighted by Crippen LogP contribution is 2.29. The maximum atomic E-state index is 7.30. The first kappa shape index (κ1) is 20.3. The third-order valence-electron chi connectivity index (χ3n) is 5.55. The molecule has 8 heteroatoms. The molecule has 0 fully saturated rings. The van der Waals surface area contributed by atoms with Crippen molar-refractivity contribution in [1.29, 1.82) is 0 Å². The number of hydrogen-bond donors (Lipinski definition) is 2. The Kier molecular flexibility index (Phi) is 4.98. The number of fused-ring (bicyclic) bond motifs is 2. The van der Waals surface area contributed by atoms with Crippen LogP contribution in [-0.2, 0) is 0 Å². The molecule has 0 unspecified atom stereocenters. The fraction of sp³-hybridized carbons (Fsp3) is 0. The van der Waals surface area contributed by atoms with E-state index in [9.17, 15) is 0 Å². The summed E-state index contributed by atoms with van der Waals surface area (Å²) in [7, 11) is 0. The number of benzene rings is 2. The molecule has 0 spiro atoms. The molecule has 0 aliphatic rings. The van der Waals surface area contributed by atoms with E-state index < -0.39 is 0 Å². The van der Waals surface area contributed by atoms with E-state index in [0.29, 0.717) is 11.5 Å². The normalized spacial score (nSPS) is 10.8. The Labute approximate surface area is 200 Å². The standard InChI is InChI=1S/C27H18N8/c1-28-20-5-7-24-23(16-20)25(11-14-30-24)32-22-6-8-26-33-27(34-35(26)17-22)18-3-2-4-21(15-18)31-19-9-12-29-13-10-19/h2-17H,(H,29,31)(H,30,32). The molecule has 0 saturated heterocycles. The number of rotatable bonds is 5. The van der Waals surface area contributed by atoms with Gasteiger partial charge in [0.1, 0.15) is 0 Å². The quantitative estimate of drug-likeness (QED) is 0.294. The summed E-state index contributed by atoms with van der Waals surface area (Å²) in [5, 5.41) is 12.4. The summed E-state index contributed by atoms with van der Waals surface area (Å²) in [6.45, 7) is 7.30. The molecular weight excluding hydrogens is 436 g/mol. The summed E-state index contributed by atoms with van der Waals surface area (Å²) in [4.78, 5) is 16.7. The first-order valence-corrected chi connectivity index (χ1v) is 10.9. The second kappa shape index (κ2) is 8.57. The van der Waals surface area contributed by atoms with E-state index in [0.717, 1.165) is 44.9 Å². The van der Waals surface area contributed by atoms with Crippen molar-refractivity contribution in [2.45, 2.75) is 0 Å². The number of nitrogens with one attached hydrogen (secondary N) is 2. The van der Waals surface area contributed by atoms with Crippen molar-refractivity contribution in [3.05, 3.63) is 109 Å². The highest BCUT2D eigenvalue weighted by molar-refractivity contribution is 5.95. The highest BCUT2D eigenvalue weighted by atomic mass is 15.3. The summed E-state index contributed by atoms with van der Waals surface area (Å²) in [5.74, 6) is 0.636. The zero-order chi connectivity index (χ0) is 23.6. The van der Waals surface area contributed by atoms with E-state index in [1.165, 1.54) is 0 Å². The largest absolute Gasteiger partial charge is 0.355 e. The smallest absolute Gasteiger partial charge is 0.188 e. The average molecular weight is 454 g/mol. The van der Waals surface area contributed by atoms with Gasteiger partial charge in [-0.2, -0.15) is 0 Å². The van der Waals surface area contributed by atoms with E-state index >= 15 is 0 Å². The maximum Gasteiger partial charge on any atom is 0.188 e. The zero-order valence-electron chi connectivity index (χ0n) is 18.4. The Morgan fingerprint density at radius 3 is 2.60 bits per heavy atom. The minimum Gasteiger partial charge on any atom is -0.355 e. The summed E-state index contributed by atoms with van der Waals surface area (Å²) < 4.78 is 1.76. The minimum atomic E-state index is 0.575. The van der Waals surface area contributed by atoms with E-state index in [1.807, 2.05) is 72.9 Å². The summed E-state index contributed by atoms with van der Waals surface area (Å²) in [6, 6.07) is 23.1. The van der Waals surface area contributed by atoms with Crippen LogP contribution in [0, 0.1) is 6.57 Å². The lowest BCUT2D eigenvalue weighted by atomic mass is 10.1. The molecule has 2 aromatic carbocycles. The predicted octanol–water partition coefficient (Wildman–Crippen LogP) is 6.38. The van der Waals surface area contributed by atoms with Crippen molar-refractivity contribution in [2.24, 2.45) is 0 Å². The van der Waals surface area contributed by atoms with Gasteiger partial charge in [0.25, 0.3) is 0 Å². The van der Waals surface area contributed by atoms with Crippen molar-refractivity contribution in [1.82, 2.24) is 24.6 Å². The molecule has 6 rings (SSSR count). The molecule has 4 heterocycles. The van der Waals surface area contributed by atoms with Crippen molar-refractivity contribution >= 4 is 45.0 Å². The minimum absolute atomic E-state index is 0.575. The molecule has 0 amide bonds. The van der Waals surface area contributed by atoms with Crippen LogP contribution < -0.4 is 10.6 Å². The first-order valence-electron chi connectivity index (χ1n) is 10.9. The van der Waals surface area contributed by atoms with Gasteiger partial charge in [-0.25, -0.2) is 14.3 Å². The van der Waals surface area contributed by atoms with Gasteiger partial charge in [0, 0.05) is 46.6 Å². The molecule has 0 aliphatic carbocycles. The molecule has 4 aromatic heterocycles. The van der Waals surface area contributed by atoms with Gasteiger partial charge in [0.05, 0.1) is 24.0 Å². The van der Waals surface area contributed by atoms with E-state index in [2.05, 4.69) is 25.4 Å². The van der Waals surface area contributed by atoms with Crippen LogP contribution in [0.5, 0.6) is 0 Å². The van der Waals surface area contributed by atoms with Gasteiger partial charge in [0.15, 0.2) is 17.2 Å². The Bertz CT molecular complexity index is 1720. The number of aromatic nitrogens is 5. The van der Waals surface area contributed by atoms with Gasteiger partial charge in [-0.1, -0.05) is 18.2 Å². The lowest BCUT2D eigenvalue weighted by Gasteiger charge is -2.10. The van der Waals surface area contributed by atoms with Crippen LogP contribution in [0.2, 0.25) is 0 Å². The third kappa shape index (κ3) is 4.10. The molecule has 0 radical (unpaired) electrons. The molecule has 0 atom stereocenters. The second-order valence-corrected chi connectivity index (χ2v) is 7.89. The molecule has 0 saturated carbocycles. The van der Waals surface area contributed by atoms with E-state index in [-0.39, 0.29) is 0 Å². The highest BCUT2D eigenvalue weighted by Gasteiger charge is 2.09. The Balaban J connectivity index is 1.30. The van der Waals surface area contributed by atoms with Gasteiger partial charge < -0.3 is 10.6 Å². The Morgan fingerprint density at radius 2 is 1.71 bits per heavy atom. The number of pyridine rings is 3. The van der Waals surface area contributed by atoms with Crippen molar-refractivity contribution in [3.63, 3.8) is 0 Å². The average Bonchev–Trinajstić information content (AvgIpc) is 3.33. The first-order chi connectivity index (χ1) is 17.2. The summed E-state index contributed by atoms with van der Waals surface area (Å²) >= 11 is 0. The number of nitrogens with zero attached hydrogens (tertiary/aromatic N) is 6. The third-order valence-corrected chi connectivity index (χ3v) is 5.55. The van der Waals surface area contributed by atoms with E-state index in [1.54, 1.807) is 29.2 Å². The van der Waals surface area contributed by atoms with Crippen LogP contribution >= 0.6 is 0 Å². The monoisotopic (exact) mass is 454 g/mol. The van der Waals surface area contributed by atoms with Crippen LogP contribution in [0.15, 0.2) is 97.6 Å². The Hall–Kier alpha value is -5.29. The SMILES string of the molecule is [C-]#[N+]c1ccc2nccc(Nc3ccc4nc(-c5cccc(Nc6ccncc6)c5)nn4c3)c2c1. The number of hydrogen-bond acceptors (Lipinski definition) is 6. The molecule has 0 aliphatic heterocycles. The van der Waals surface area contributed by atoms with Crippen molar-refractivity contribution < 1.29 is 0 Å². The topological polar surface area (TPSA) is 84.4 Å². The lowest BCUT2D eigenvalue weighted by Crippen LogP contribution is -1.96. The summed E-state index contributed by atoms with van der Waals surface area (Å²) in [5.41, 5.74) is 6.68. The van der Waals surface area contributed by atoms with Crippen LogP contribution in [0.25, 0.3) is 32.8 Å². The van der Waals surface area contributed by atoms with Crippen LogP contribution in [0.4, 0.5) is 28.4 Å². The number of anilines is 4. The summed E-state index contributed by atoms with van der Waals surface area (Å²) in [6.07, 6.45) is 7.15. The molecular formula is C27H18N8. The maximum absolute atomic E-state index is 7.30. The fourth-order valence-electron chi connectivity index (χ4n) is 3.89. The van der Waals surface area contributed by atoms with Crippen molar-refractivity contribution in [2.75, 3.05) is 10.6 Å². The van der Waals surface area contributed by atoms with Crippen molar-refractivity contribution in [3.8, 4) is 11.4 Å². The van der Waals surface area contributed by atoms with Crippen LogP contribution in [-0.4, -0.2) is 24.6 Å². The van der Waals surface area contributed by atoms with Gasteiger partial charge >= 0.3 is 0 Å². The van der Waals surface area contributed by atoms with Gasteiger partial charge in [-0.3, -0.25) is 9.97 Å². The molecule has 166 valence electrons. The van der Waals surface area contributed by atoms with E-state index in [4.69, 9.17) is 16.7 Å². The van der Waals surface area contributed by atoms with Crippen LogP contribution in [0.3, 0.4) is 0 Å². The molecule has 6 aromatic rings. The molecule has 35 heavy (non-hydrogen) atoms. The fourth-order valence-corrected chi connectivity index (χ4v) is 3.89. The Morgan fingerprint density at radius 1 is 0.800 bits per heavy atom.